The van der Waals surface area contributed by atoms with Crippen LogP contribution in [0.15, 0.2) is 23.4 Å². The molecule has 2 heterocycles. The van der Waals surface area contributed by atoms with Crippen LogP contribution in [0.1, 0.15) is 19.3 Å². The molecule has 2 fully saturated rings. The van der Waals surface area contributed by atoms with E-state index in [0.717, 1.165) is 5.57 Å². The van der Waals surface area contributed by atoms with Crippen LogP contribution in [0.2, 0.25) is 0 Å². The van der Waals surface area contributed by atoms with Crippen LogP contribution < -0.4 is 16.5 Å². The predicted molar refractivity (Wildman–Crippen MR) is 69.5 cm³/mol. The number of rotatable bonds is 1. The van der Waals surface area contributed by atoms with E-state index in [9.17, 15) is 14.4 Å². The molecule has 4 N–H and O–H groups in total. The standard InChI is InChI=1S/C13H16N4O3/c14-9-3-1-2-7-8(9)6-15-17(13(7)20)10-4-5-11(18)16-12(10)19/h1,3,7,10,15H,2,4-6,14H2,(H,16,18,19). The Bertz CT molecular complexity index is 552. The highest BCUT2D eigenvalue weighted by Crippen LogP contribution is 2.29. The van der Waals surface area contributed by atoms with Gasteiger partial charge in [-0.15, -0.1) is 0 Å². The summed E-state index contributed by atoms with van der Waals surface area (Å²) >= 11 is 0. The van der Waals surface area contributed by atoms with Crippen LogP contribution in [-0.4, -0.2) is 35.3 Å². The smallest absolute Gasteiger partial charge is 0.250 e. The summed E-state index contributed by atoms with van der Waals surface area (Å²) in [5, 5.41) is 3.63. The van der Waals surface area contributed by atoms with Crippen LogP contribution in [0.5, 0.6) is 0 Å². The molecule has 0 aromatic rings. The highest BCUT2D eigenvalue weighted by atomic mass is 16.2. The second kappa shape index (κ2) is 4.75. The first-order chi connectivity index (χ1) is 9.58. The van der Waals surface area contributed by atoms with E-state index in [1.54, 1.807) is 0 Å². The molecule has 7 heteroatoms. The Labute approximate surface area is 115 Å². The molecule has 1 aliphatic carbocycles. The van der Waals surface area contributed by atoms with Crippen LogP contribution in [-0.2, 0) is 14.4 Å². The number of carbonyl (C=O) groups is 3. The molecule has 2 aliphatic heterocycles. The summed E-state index contributed by atoms with van der Waals surface area (Å²) < 4.78 is 0. The molecule has 20 heavy (non-hydrogen) atoms. The molecular weight excluding hydrogens is 260 g/mol. The molecule has 3 aliphatic rings. The minimum Gasteiger partial charge on any atom is -0.399 e. The second-order valence-electron chi connectivity index (χ2n) is 5.18. The largest absolute Gasteiger partial charge is 0.399 e. The SMILES string of the molecule is NC1=C2CNN(C3CCC(=O)NC3=O)C(=O)C2CC=C1. The Morgan fingerprint density at radius 1 is 1.30 bits per heavy atom. The number of nitrogens with one attached hydrogen (secondary N) is 2. The van der Waals surface area contributed by atoms with E-state index in [2.05, 4.69) is 10.7 Å². The first-order valence-electron chi connectivity index (χ1n) is 6.63. The lowest BCUT2D eigenvalue weighted by atomic mass is 9.86. The van der Waals surface area contributed by atoms with Crippen molar-refractivity contribution in [1.29, 1.82) is 0 Å². The molecule has 106 valence electrons. The summed E-state index contributed by atoms with van der Waals surface area (Å²) in [6.45, 7) is 0.449. The molecule has 0 spiro atoms. The summed E-state index contributed by atoms with van der Waals surface area (Å²) in [6.07, 6.45) is 4.87. The van der Waals surface area contributed by atoms with Gasteiger partial charge in [-0.05, 0) is 24.5 Å². The van der Waals surface area contributed by atoms with E-state index in [4.69, 9.17) is 5.73 Å². The van der Waals surface area contributed by atoms with Gasteiger partial charge in [-0.3, -0.25) is 24.7 Å². The molecule has 7 nitrogen and oxygen atoms in total. The Hall–Kier alpha value is -2.15. The molecule has 3 rings (SSSR count). The van der Waals surface area contributed by atoms with Gasteiger partial charge in [0.25, 0.3) is 5.91 Å². The van der Waals surface area contributed by atoms with E-state index in [0.29, 0.717) is 25.1 Å². The normalized spacial score (nSPS) is 30.4. The summed E-state index contributed by atoms with van der Waals surface area (Å²) in [6, 6.07) is -0.631. The van der Waals surface area contributed by atoms with Gasteiger partial charge in [-0.1, -0.05) is 6.08 Å². The summed E-state index contributed by atoms with van der Waals surface area (Å²) in [5.41, 5.74) is 10.3. The fraction of sp³-hybridized carbons (Fsp3) is 0.462. The van der Waals surface area contributed by atoms with Crippen molar-refractivity contribution < 1.29 is 14.4 Å². The number of hydrogen-bond donors (Lipinski definition) is 3. The quantitative estimate of drug-likeness (QED) is 0.529. The molecule has 0 saturated carbocycles. The van der Waals surface area contributed by atoms with Gasteiger partial charge in [0.15, 0.2) is 0 Å². The fourth-order valence-electron chi connectivity index (χ4n) is 2.87. The number of fused-ring (bicyclic) bond motifs is 1. The van der Waals surface area contributed by atoms with Gasteiger partial charge in [-0.2, -0.15) is 0 Å². The Morgan fingerprint density at radius 3 is 2.85 bits per heavy atom. The number of hydrogen-bond acceptors (Lipinski definition) is 5. The fourth-order valence-corrected chi connectivity index (χ4v) is 2.87. The molecule has 2 saturated heterocycles. The zero-order valence-electron chi connectivity index (χ0n) is 10.9. The van der Waals surface area contributed by atoms with Crippen molar-refractivity contribution in [3.63, 3.8) is 0 Å². The van der Waals surface area contributed by atoms with Gasteiger partial charge >= 0.3 is 0 Å². The lowest BCUT2D eigenvalue weighted by molar-refractivity contribution is -0.152. The number of carbonyl (C=O) groups excluding carboxylic acids is 3. The minimum absolute atomic E-state index is 0.159. The van der Waals surface area contributed by atoms with Crippen LogP contribution in [0.4, 0.5) is 0 Å². The second-order valence-corrected chi connectivity index (χ2v) is 5.18. The average Bonchev–Trinajstić information content (AvgIpc) is 2.41. The van der Waals surface area contributed by atoms with E-state index >= 15 is 0 Å². The van der Waals surface area contributed by atoms with Gasteiger partial charge < -0.3 is 5.73 Å². The third-order valence-corrected chi connectivity index (χ3v) is 3.96. The van der Waals surface area contributed by atoms with Gasteiger partial charge in [0.05, 0.1) is 5.92 Å². The van der Waals surface area contributed by atoms with Crippen molar-refractivity contribution in [3.8, 4) is 0 Å². The van der Waals surface area contributed by atoms with Crippen LogP contribution in [0, 0.1) is 5.92 Å². The summed E-state index contributed by atoms with van der Waals surface area (Å²) in [5.74, 6) is -1.17. The maximum absolute atomic E-state index is 12.5. The monoisotopic (exact) mass is 276 g/mol. The lowest BCUT2D eigenvalue weighted by Gasteiger charge is -2.40. The van der Waals surface area contributed by atoms with Gasteiger partial charge in [0, 0.05) is 18.7 Å². The first kappa shape index (κ1) is 12.9. The highest BCUT2D eigenvalue weighted by molar-refractivity contribution is 6.02. The number of piperidine rings is 1. The van der Waals surface area contributed by atoms with Gasteiger partial charge in [0.2, 0.25) is 11.8 Å². The molecule has 2 atom stereocenters. The third kappa shape index (κ3) is 2.00. The molecule has 0 bridgehead atoms. The molecule has 0 radical (unpaired) electrons. The molecular formula is C13H16N4O3. The predicted octanol–water partition coefficient (Wildman–Crippen LogP) is -1.07. The Kier molecular flexibility index (Phi) is 3.06. The Balaban J connectivity index is 1.81. The van der Waals surface area contributed by atoms with E-state index in [-0.39, 0.29) is 24.2 Å². The van der Waals surface area contributed by atoms with Crippen LogP contribution in [0.25, 0.3) is 0 Å². The van der Waals surface area contributed by atoms with Crippen molar-refractivity contribution >= 4 is 17.7 Å². The lowest BCUT2D eigenvalue weighted by Crippen LogP contribution is -2.63. The van der Waals surface area contributed by atoms with Crippen LogP contribution in [0.3, 0.4) is 0 Å². The number of hydrazine groups is 1. The number of imide groups is 1. The molecule has 2 unspecified atom stereocenters. The van der Waals surface area contributed by atoms with Crippen molar-refractivity contribution in [1.82, 2.24) is 15.8 Å². The third-order valence-electron chi connectivity index (χ3n) is 3.96. The molecule has 0 aromatic carbocycles. The van der Waals surface area contributed by atoms with Crippen molar-refractivity contribution in [2.75, 3.05) is 6.54 Å². The zero-order valence-corrected chi connectivity index (χ0v) is 10.9. The molecule has 3 amide bonds. The number of allylic oxidation sites excluding steroid dienone is 2. The van der Waals surface area contributed by atoms with E-state index < -0.39 is 11.9 Å². The maximum atomic E-state index is 12.5. The molecule has 0 aromatic heterocycles. The highest BCUT2D eigenvalue weighted by Gasteiger charge is 2.41. The minimum atomic E-state index is -0.631. The van der Waals surface area contributed by atoms with Crippen molar-refractivity contribution in [2.24, 2.45) is 11.7 Å². The van der Waals surface area contributed by atoms with E-state index in [1.165, 1.54) is 5.01 Å². The number of amides is 3. The van der Waals surface area contributed by atoms with Gasteiger partial charge in [-0.25, -0.2) is 5.43 Å². The summed E-state index contributed by atoms with van der Waals surface area (Å²) in [4.78, 5) is 35.5. The topological polar surface area (TPSA) is 105 Å². The average molecular weight is 276 g/mol. The van der Waals surface area contributed by atoms with Gasteiger partial charge in [0.1, 0.15) is 6.04 Å². The first-order valence-corrected chi connectivity index (χ1v) is 6.63. The summed E-state index contributed by atoms with van der Waals surface area (Å²) in [7, 11) is 0. The Morgan fingerprint density at radius 2 is 2.10 bits per heavy atom. The van der Waals surface area contributed by atoms with E-state index in [1.807, 2.05) is 12.2 Å². The maximum Gasteiger partial charge on any atom is 0.250 e. The van der Waals surface area contributed by atoms with Crippen molar-refractivity contribution in [2.45, 2.75) is 25.3 Å². The van der Waals surface area contributed by atoms with Crippen LogP contribution >= 0.6 is 0 Å². The van der Waals surface area contributed by atoms with Crippen molar-refractivity contribution in [3.05, 3.63) is 23.4 Å². The number of nitrogens with zero attached hydrogens (tertiary/aromatic N) is 1. The zero-order chi connectivity index (χ0) is 14.3. The number of nitrogens with two attached hydrogens (primary N) is 1.